The second kappa shape index (κ2) is 6.27. The molecule has 0 radical (unpaired) electrons. The van der Waals surface area contributed by atoms with Gasteiger partial charge in [0.15, 0.2) is 5.82 Å². The number of rotatable bonds is 5. The maximum atomic E-state index is 12.1. The van der Waals surface area contributed by atoms with Crippen molar-refractivity contribution < 1.29 is 0 Å². The molecule has 2 rings (SSSR count). The van der Waals surface area contributed by atoms with Gasteiger partial charge in [-0.1, -0.05) is 25.8 Å². The average Bonchev–Trinajstić information content (AvgIpc) is 2.43. The standard InChI is InChI=1S/C15H19N3O/c1-3-4-5-8-12-11(2)17-14(18-15(12)19)13-9-6-7-10-16-13/h6-7,9-10H,3-5,8H2,1-2H3,(H,17,18,19). The molecule has 2 heterocycles. The summed E-state index contributed by atoms with van der Waals surface area (Å²) in [4.78, 5) is 23.6. The van der Waals surface area contributed by atoms with Crippen molar-refractivity contribution in [2.45, 2.75) is 39.5 Å². The Morgan fingerprint density at radius 2 is 2.11 bits per heavy atom. The lowest BCUT2D eigenvalue weighted by molar-refractivity contribution is 0.707. The van der Waals surface area contributed by atoms with Crippen LogP contribution in [0.1, 0.15) is 37.4 Å². The average molecular weight is 257 g/mol. The fourth-order valence-electron chi connectivity index (χ4n) is 2.08. The van der Waals surface area contributed by atoms with E-state index in [0.717, 1.165) is 36.9 Å². The lowest BCUT2D eigenvalue weighted by atomic mass is 10.1. The zero-order chi connectivity index (χ0) is 13.7. The minimum absolute atomic E-state index is 0.0377. The number of H-pyrrole nitrogens is 1. The van der Waals surface area contributed by atoms with Gasteiger partial charge in [0, 0.05) is 17.5 Å². The molecule has 0 aliphatic heterocycles. The largest absolute Gasteiger partial charge is 0.305 e. The van der Waals surface area contributed by atoms with E-state index in [1.54, 1.807) is 6.20 Å². The van der Waals surface area contributed by atoms with E-state index < -0.39 is 0 Å². The molecule has 0 amide bonds. The van der Waals surface area contributed by atoms with Crippen LogP contribution in [0.2, 0.25) is 0 Å². The molecule has 0 saturated heterocycles. The summed E-state index contributed by atoms with van der Waals surface area (Å²) in [5.41, 5.74) is 2.26. The highest BCUT2D eigenvalue weighted by Crippen LogP contribution is 2.12. The first-order valence-corrected chi connectivity index (χ1v) is 6.73. The lowest BCUT2D eigenvalue weighted by Crippen LogP contribution is -2.17. The number of unbranched alkanes of at least 4 members (excludes halogenated alkanes) is 2. The van der Waals surface area contributed by atoms with Gasteiger partial charge < -0.3 is 4.98 Å². The van der Waals surface area contributed by atoms with Crippen LogP contribution >= 0.6 is 0 Å². The van der Waals surface area contributed by atoms with Crippen LogP contribution in [0.5, 0.6) is 0 Å². The fraction of sp³-hybridized carbons (Fsp3) is 0.400. The van der Waals surface area contributed by atoms with Gasteiger partial charge in [-0.05, 0) is 31.9 Å². The Balaban J connectivity index is 2.29. The number of aromatic amines is 1. The van der Waals surface area contributed by atoms with E-state index in [-0.39, 0.29) is 5.56 Å². The first kappa shape index (κ1) is 13.5. The summed E-state index contributed by atoms with van der Waals surface area (Å²) in [6.07, 6.45) is 5.81. The number of nitrogens with one attached hydrogen (secondary N) is 1. The van der Waals surface area contributed by atoms with Gasteiger partial charge in [0.2, 0.25) is 0 Å². The molecule has 1 N–H and O–H groups in total. The van der Waals surface area contributed by atoms with E-state index in [1.807, 2.05) is 25.1 Å². The number of pyridine rings is 1. The highest BCUT2D eigenvalue weighted by Gasteiger charge is 2.09. The zero-order valence-electron chi connectivity index (χ0n) is 11.4. The lowest BCUT2D eigenvalue weighted by Gasteiger charge is -2.06. The third-order valence-electron chi connectivity index (χ3n) is 3.16. The number of nitrogens with zero attached hydrogens (tertiary/aromatic N) is 2. The van der Waals surface area contributed by atoms with Crippen molar-refractivity contribution in [1.82, 2.24) is 15.0 Å². The Morgan fingerprint density at radius 3 is 2.74 bits per heavy atom. The quantitative estimate of drug-likeness (QED) is 0.838. The van der Waals surface area contributed by atoms with Gasteiger partial charge in [-0.3, -0.25) is 9.78 Å². The minimum atomic E-state index is -0.0377. The molecule has 0 unspecified atom stereocenters. The molecule has 2 aromatic heterocycles. The second-order valence-electron chi connectivity index (χ2n) is 4.65. The molecule has 0 aliphatic rings. The molecule has 0 saturated carbocycles. The zero-order valence-corrected chi connectivity index (χ0v) is 11.4. The van der Waals surface area contributed by atoms with Gasteiger partial charge in [0.05, 0.1) is 0 Å². The third kappa shape index (κ3) is 3.28. The van der Waals surface area contributed by atoms with E-state index in [2.05, 4.69) is 21.9 Å². The Labute approximate surface area is 112 Å². The van der Waals surface area contributed by atoms with Crippen LogP contribution in [0.25, 0.3) is 11.5 Å². The normalized spacial score (nSPS) is 10.6. The maximum absolute atomic E-state index is 12.1. The molecule has 0 atom stereocenters. The number of hydrogen-bond acceptors (Lipinski definition) is 3. The summed E-state index contributed by atoms with van der Waals surface area (Å²) in [5.74, 6) is 0.544. The van der Waals surface area contributed by atoms with E-state index in [9.17, 15) is 4.79 Å². The highest BCUT2D eigenvalue weighted by atomic mass is 16.1. The first-order chi connectivity index (χ1) is 9.22. The molecular weight excluding hydrogens is 238 g/mol. The van der Waals surface area contributed by atoms with Crippen LogP contribution in [0.15, 0.2) is 29.2 Å². The van der Waals surface area contributed by atoms with E-state index in [0.29, 0.717) is 11.5 Å². The van der Waals surface area contributed by atoms with Gasteiger partial charge >= 0.3 is 0 Å². The van der Waals surface area contributed by atoms with Gasteiger partial charge in [-0.25, -0.2) is 4.98 Å². The molecule has 0 aliphatic carbocycles. The summed E-state index contributed by atoms with van der Waals surface area (Å²) in [5, 5.41) is 0. The van der Waals surface area contributed by atoms with Gasteiger partial charge in [-0.15, -0.1) is 0 Å². The van der Waals surface area contributed by atoms with Gasteiger partial charge in [0.25, 0.3) is 5.56 Å². The number of aromatic nitrogens is 3. The van der Waals surface area contributed by atoms with Crippen molar-refractivity contribution in [2.24, 2.45) is 0 Å². The van der Waals surface area contributed by atoms with Crippen molar-refractivity contribution >= 4 is 0 Å². The Morgan fingerprint density at radius 1 is 1.26 bits per heavy atom. The van der Waals surface area contributed by atoms with Crippen LogP contribution < -0.4 is 5.56 Å². The molecule has 0 bridgehead atoms. The molecule has 0 aromatic carbocycles. The summed E-state index contributed by atoms with van der Waals surface area (Å²) in [6, 6.07) is 5.56. The van der Waals surface area contributed by atoms with E-state index in [1.165, 1.54) is 0 Å². The van der Waals surface area contributed by atoms with E-state index in [4.69, 9.17) is 0 Å². The maximum Gasteiger partial charge on any atom is 0.254 e. The van der Waals surface area contributed by atoms with Crippen LogP contribution in [0.3, 0.4) is 0 Å². The third-order valence-corrected chi connectivity index (χ3v) is 3.16. The topological polar surface area (TPSA) is 58.6 Å². The van der Waals surface area contributed by atoms with Crippen LogP contribution in [0, 0.1) is 6.92 Å². The Kier molecular flexibility index (Phi) is 4.44. The van der Waals surface area contributed by atoms with Gasteiger partial charge in [-0.2, -0.15) is 0 Å². The molecule has 0 spiro atoms. The Bertz CT molecular complexity index is 590. The van der Waals surface area contributed by atoms with Crippen molar-refractivity contribution in [3.05, 3.63) is 46.0 Å². The smallest absolute Gasteiger partial charge is 0.254 e. The van der Waals surface area contributed by atoms with Crippen LogP contribution in [0.4, 0.5) is 0 Å². The predicted octanol–water partition coefficient (Wildman–Crippen LogP) is 2.87. The molecule has 19 heavy (non-hydrogen) atoms. The molecule has 4 nitrogen and oxygen atoms in total. The van der Waals surface area contributed by atoms with Crippen LogP contribution in [-0.4, -0.2) is 15.0 Å². The SMILES string of the molecule is CCCCCc1c(C)nc(-c2ccccn2)[nH]c1=O. The van der Waals surface area contributed by atoms with Crippen molar-refractivity contribution in [2.75, 3.05) is 0 Å². The van der Waals surface area contributed by atoms with Crippen molar-refractivity contribution in [3.63, 3.8) is 0 Å². The minimum Gasteiger partial charge on any atom is -0.305 e. The number of aryl methyl sites for hydroxylation is 1. The monoisotopic (exact) mass is 257 g/mol. The molecule has 2 aromatic rings. The summed E-state index contributed by atoms with van der Waals surface area (Å²) in [6.45, 7) is 4.04. The number of hydrogen-bond donors (Lipinski definition) is 1. The molecule has 0 fully saturated rings. The summed E-state index contributed by atoms with van der Waals surface area (Å²) in [7, 11) is 0. The van der Waals surface area contributed by atoms with Crippen LogP contribution in [-0.2, 0) is 6.42 Å². The highest BCUT2D eigenvalue weighted by molar-refractivity contribution is 5.48. The molecule has 100 valence electrons. The van der Waals surface area contributed by atoms with E-state index >= 15 is 0 Å². The molecular formula is C15H19N3O. The van der Waals surface area contributed by atoms with Gasteiger partial charge in [0.1, 0.15) is 5.69 Å². The predicted molar refractivity (Wildman–Crippen MR) is 76.1 cm³/mol. The first-order valence-electron chi connectivity index (χ1n) is 6.73. The Hall–Kier alpha value is -1.97. The molecule has 4 heteroatoms. The second-order valence-corrected chi connectivity index (χ2v) is 4.65. The van der Waals surface area contributed by atoms with Crippen molar-refractivity contribution in [3.8, 4) is 11.5 Å². The summed E-state index contributed by atoms with van der Waals surface area (Å²) >= 11 is 0. The van der Waals surface area contributed by atoms with Crippen molar-refractivity contribution in [1.29, 1.82) is 0 Å². The fourth-order valence-corrected chi connectivity index (χ4v) is 2.08. The summed E-state index contributed by atoms with van der Waals surface area (Å²) < 4.78 is 0.